The fraction of sp³-hybridized carbons (Fsp3) is 0.364. The Morgan fingerprint density at radius 3 is 2.85 bits per heavy atom. The van der Waals surface area contributed by atoms with Crippen molar-refractivity contribution >= 4 is 29.3 Å². The molecular weight excluding hydrogens is 172 g/mol. The van der Waals surface area contributed by atoms with Crippen LogP contribution in [0.2, 0.25) is 0 Å². The van der Waals surface area contributed by atoms with E-state index in [4.69, 9.17) is 0 Å². The molecule has 0 saturated carbocycles. The predicted octanol–water partition coefficient (Wildman–Crippen LogP) is 1.74. The molecule has 2 heteroatoms. The number of rotatable bonds is 3. The molecule has 0 aromatic carbocycles. The molecule has 0 amide bonds. The van der Waals surface area contributed by atoms with Crippen LogP contribution in [0.3, 0.4) is 0 Å². The number of allylic oxidation sites excluding steroid dienone is 6. The summed E-state index contributed by atoms with van der Waals surface area (Å²) in [4.78, 5) is 10.5. The van der Waals surface area contributed by atoms with E-state index in [1.54, 1.807) is 0 Å². The first-order valence-corrected chi connectivity index (χ1v) is 4.37. The summed E-state index contributed by atoms with van der Waals surface area (Å²) in [5, 5.41) is 0. The van der Waals surface area contributed by atoms with Gasteiger partial charge in [-0.15, -0.1) is 0 Å². The molecule has 0 aromatic rings. The average Bonchev–Trinajstić information content (AvgIpc) is 2.31. The summed E-state index contributed by atoms with van der Waals surface area (Å²) in [5.74, 6) is -0.0318. The zero-order valence-electron chi connectivity index (χ0n) is 7.36. The van der Waals surface area contributed by atoms with Crippen molar-refractivity contribution in [2.75, 3.05) is 0 Å². The topological polar surface area (TPSA) is 17.1 Å². The van der Waals surface area contributed by atoms with E-state index in [9.17, 15) is 4.79 Å². The Kier molecular flexibility index (Phi) is 6.91. The molecule has 0 radical (unpaired) electrons. The number of hydrogen-bond acceptors (Lipinski definition) is 1. The summed E-state index contributed by atoms with van der Waals surface area (Å²) in [6.45, 7) is 2.15. The van der Waals surface area contributed by atoms with Gasteiger partial charge in [-0.2, -0.15) is 0 Å². The van der Waals surface area contributed by atoms with Gasteiger partial charge in [0.25, 0.3) is 0 Å². The van der Waals surface area contributed by atoms with Crippen molar-refractivity contribution in [3.63, 3.8) is 0 Å². The molecule has 0 heterocycles. The minimum Gasteiger partial charge on any atom is -0.302 e. The minimum atomic E-state index is -0.0318. The van der Waals surface area contributed by atoms with Crippen LogP contribution in [0.5, 0.6) is 0 Å². The second-order valence-electron chi connectivity index (χ2n) is 2.95. The lowest BCUT2D eigenvalue weighted by molar-refractivity contribution is -0.108. The molecule has 68 valence electrons. The minimum absolute atomic E-state index is 0. The quantitative estimate of drug-likeness (QED) is 0.487. The van der Waals surface area contributed by atoms with Gasteiger partial charge in [0.2, 0.25) is 0 Å². The third-order valence-corrected chi connectivity index (χ3v) is 1.87. The van der Waals surface area contributed by atoms with Crippen LogP contribution in [0.15, 0.2) is 36.0 Å². The van der Waals surface area contributed by atoms with E-state index in [0.29, 0.717) is 0 Å². The Bertz CT molecular complexity index is 238. The van der Waals surface area contributed by atoms with Gasteiger partial charge in [0.05, 0.1) is 5.92 Å². The summed E-state index contributed by atoms with van der Waals surface area (Å²) in [7, 11) is 0. The highest BCUT2D eigenvalue weighted by atomic mass is 24.3. The molecule has 1 rings (SSSR count). The Morgan fingerprint density at radius 1 is 1.46 bits per heavy atom. The monoisotopic (exact) mass is 188 g/mol. The first-order chi connectivity index (χ1) is 5.86. The fourth-order valence-electron chi connectivity index (χ4n) is 1.21. The highest BCUT2D eigenvalue weighted by Gasteiger charge is 1.99. The molecule has 1 aliphatic rings. The Labute approximate surface area is 95.7 Å². The third kappa shape index (κ3) is 4.43. The van der Waals surface area contributed by atoms with Gasteiger partial charge in [0.1, 0.15) is 6.29 Å². The maximum Gasteiger partial charge on any atom is 0.316 e. The summed E-state index contributed by atoms with van der Waals surface area (Å²) in [6.07, 6.45) is 13.1. The first kappa shape index (κ1) is 12.7. The van der Waals surface area contributed by atoms with E-state index in [0.717, 1.165) is 19.1 Å². The lowest BCUT2D eigenvalue weighted by Gasteiger charge is -1.95. The third-order valence-electron chi connectivity index (χ3n) is 1.87. The maximum absolute atomic E-state index is 10.5. The van der Waals surface area contributed by atoms with Crippen LogP contribution in [-0.4, -0.2) is 29.3 Å². The number of hydrogen-bond donors (Lipinski definition) is 0. The smallest absolute Gasteiger partial charge is 0.302 e. The van der Waals surface area contributed by atoms with Crippen LogP contribution in [0.4, 0.5) is 0 Å². The summed E-state index contributed by atoms with van der Waals surface area (Å²) in [5.41, 5.74) is 1.30. The molecule has 13 heavy (non-hydrogen) atoms. The van der Waals surface area contributed by atoms with Crippen LogP contribution in [0.25, 0.3) is 0 Å². The second-order valence-corrected chi connectivity index (χ2v) is 2.95. The van der Waals surface area contributed by atoms with Gasteiger partial charge < -0.3 is 4.79 Å². The van der Waals surface area contributed by atoms with Gasteiger partial charge in [-0.25, -0.2) is 0 Å². The standard InChI is InChI=1S/C11H14O.Mg.2H/c1-2-4-10-5-3-6-11(9-12)8-7-10;;;/h3,5-9,11H,2,4H2,1H3;;;. The zero-order chi connectivity index (χ0) is 8.81. The molecule has 0 spiro atoms. The molecular formula is C11H16MgO. The van der Waals surface area contributed by atoms with E-state index in [1.807, 2.05) is 24.3 Å². The molecule has 1 atom stereocenters. The summed E-state index contributed by atoms with van der Waals surface area (Å²) < 4.78 is 0. The highest BCUT2D eigenvalue weighted by molar-refractivity contribution is 5.75. The maximum atomic E-state index is 10.5. The first-order valence-electron chi connectivity index (χ1n) is 4.37. The van der Waals surface area contributed by atoms with Gasteiger partial charge in [-0.1, -0.05) is 43.7 Å². The summed E-state index contributed by atoms with van der Waals surface area (Å²) in [6, 6.07) is 0. The molecule has 1 aliphatic carbocycles. The predicted molar refractivity (Wildman–Crippen MR) is 59.4 cm³/mol. The van der Waals surface area contributed by atoms with Crippen LogP contribution in [0, 0.1) is 5.92 Å². The largest absolute Gasteiger partial charge is 0.316 e. The SMILES string of the molecule is CCCC1=CC=CC(C=O)C=C1.[MgH2]. The number of carbonyl (C=O) groups excluding carboxylic acids is 1. The summed E-state index contributed by atoms with van der Waals surface area (Å²) >= 11 is 0. The molecule has 0 N–H and O–H groups in total. The van der Waals surface area contributed by atoms with E-state index in [1.165, 1.54) is 5.57 Å². The molecule has 0 saturated heterocycles. The van der Waals surface area contributed by atoms with E-state index in [-0.39, 0.29) is 29.0 Å². The van der Waals surface area contributed by atoms with E-state index in [2.05, 4.69) is 13.0 Å². The lowest BCUT2D eigenvalue weighted by atomic mass is 10.1. The molecule has 1 unspecified atom stereocenters. The molecule has 1 nitrogen and oxygen atoms in total. The van der Waals surface area contributed by atoms with Gasteiger partial charge in [0.15, 0.2) is 0 Å². The second kappa shape index (κ2) is 7.10. The van der Waals surface area contributed by atoms with Gasteiger partial charge in [-0.3, -0.25) is 0 Å². The Hall–Kier alpha value is -0.344. The van der Waals surface area contributed by atoms with E-state index >= 15 is 0 Å². The van der Waals surface area contributed by atoms with Crippen LogP contribution < -0.4 is 0 Å². The van der Waals surface area contributed by atoms with Crippen molar-refractivity contribution < 1.29 is 4.79 Å². The van der Waals surface area contributed by atoms with Crippen molar-refractivity contribution in [2.45, 2.75) is 19.8 Å². The van der Waals surface area contributed by atoms with Crippen molar-refractivity contribution in [1.82, 2.24) is 0 Å². The van der Waals surface area contributed by atoms with Crippen molar-refractivity contribution in [1.29, 1.82) is 0 Å². The van der Waals surface area contributed by atoms with Gasteiger partial charge in [-0.05, 0) is 12.0 Å². The Morgan fingerprint density at radius 2 is 2.23 bits per heavy atom. The van der Waals surface area contributed by atoms with E-state index < -0.39 is 0 Å². The van der Waals surface area contributed by atoms with Gasteiger partial charge in [0, 0.05) is 0 Å². The van der Waals surface area contributed by atoms with Crippen LogP contribution >= 0.6 is 0 Å². The number of aldehydes is 1. The zero-order valence-corrected chi connectivity index (χ0v) is 7.36. The van der Waals surface area contributed by atoms with Crippen LogP contribution in [-0.2, 0) is 4.79 Å². The fourth-order valence-corrected chi connectivity index (χ4v) is 1.21. The van der Waals surface area contributed by atoms with Crippen molar-refractivity contribution in [2.24, 2.45) is 5.92 Å². The molecule has 0 fully saturated rings. The van der Waals surface area contributed by atoms with Crippen molar-refractivity contribution in [3.8, 4) is 0 Å². The van der Waals surface area contributed by atoms with Gasteiger partial charge >= 0.3 is 23.1 Å². The van der Waals surface area contributed by atoms with Crippen LogP contribution in [0.1, 0.15) is 19.8 Å². The normalized spacial score (nSPS) is 20.1. The lowest BCUT2D eigenvalue weighted by Crippen LogP contribution is -1.90. The highest BCUT2D eigenvalue weighted by Crippen LogP contribution is 2.12. The number of carbonyl (C=O) groups is 1. The average molecular weight is 189 g/mol. The molecule has 0 aromatic heterocycles. The van der Waals surface area contributed by atoms with Crippen molar-refractivity contribution in [3.05, 3.63) is 36.0 Å². The molecule has 0 aliphatic heterocycles. The Balaban J connectivity index is 0.00000144. The molecule has 0 bridgehead atoms.